The lowest BCUT2D eigenvalue weighted by Gasteiger charge is -2.12. The fraction of sp³-hybridized carbons (Fsp3) is 0.133. The average molecular weight is 373 g/mol. The first-order valence-electron chi connectivity index (χ1n) is 6.07. The highest BCUT2D eigenvalue weighted by Crippen LogP contribution is 2.24. The maximum absolute atomic E-state index is 13.4. The van der Waals surface area contributed by atoms with Gasteiger partial charge in [0.05, 0.1) is 18.4 Å². The van der Waals surface area contributed by atoms with E-state index in [0.29, 0.717) is 17.3 Å². The molecule has 0 bridgehead atoms. The molecule has 0 aromatic heterocycles. The van der Waals surface area contributed by atoms with Gasteiger partial charge in [-0.3, -0.25) is 0 Å². The quantitative estimate of drug-likeness (QED) is 0.795. The monoisotopic (exact) mass is 371 g/mol. The molecule has 0 spiro atoms. The van der Waals surface area contributed by atoms with Crippen LogP contribution in [0, 0.1) is 5.82 Å². The zero-order chi connectivity index (χ0) is 15.4. The van der Waals surface area contributed by atoms with E-state index in [4.69, 9.17) is 11.6 Å². The Labute approximate surface area is 135 Å². The maximum Gasteiger partial charge on any atom is 0.339 e. The molecular formula is C15H12BrClFNO2. The summed E-state index contributed by atoms with van der Waals surface area (Å²) < 4.78 is 18.9. The minimum Gasteiger partial charge on any atom is -0.465 e. The van der Waals surface area contributed by atoms with Gasteiger partial charge in [-0.25, -0.2) is 9.18 Å². The van der Waals surface area contributed by atoms with Crippen molar-refractivity contribution >= 4 is 39.2 Å². The number of ether oxygens (including phenoxy) is 1. The molecule has 0 amide bonds. The van der Waals surface area contributed by atoms with Crippen molar-refractivity contribution in [2.75, 3.05) is 12.4 Å². The Bertz CT molecular complexity index is 679. The van der Waals surface area contributed by atoms with Gasteiger partial charge in [0.2, 0.25) is 0 Å². The van der Waals surface area contributed by atoms with Crippen LogP contribution in [0.1, 0.15) is 15.9 Å². The summed E-state index contributed by atoms with van der Waals surface area (Å²) in [6.45, 7) is 0.353. The first-order valence-corrected chi connectivity index (χ1v) is 7.24. The third-order valence-corrected chi connectivity index (χ3v) is 3.73. The molecule has 6 heteroatoms. The maximum atomic E-state index is 13.4. The normalized spacial score (nSPS) is 10.3. The lowest BCUT2D eigenvalue weighted by molar-refractivity contribution is 0.0602. The largest absolute Gasteiger partial charge is 0.465 e. The van der Waals surface area contributed by atoms with Crippen molar-refractivity contribution in [2.45, 2.75) is 6.54 Å². The second-order valence-corrected chi connectivity index (χ2v) is 5.59. The van der Waals surface area contributed by atoms with E-state index >= 15 is 0 Å². The first kappa shape index (κ1) is 15.8. The van der Waals surface area contributed by atoms with E-state index in [1.165, 1.54) is 25.3 Å². The minimum absolute atomic E-state index is 0.269. The summed E-state index contributed by atoms with van der Waals surface area (Å²) in [5.74, 6) is -0.969. The molecule has 2 aromatic carbocycles. The van der Waals surface area contributed by atoms with Gasteiger partial charge in [-0.1, -0.05) is 27.5 Å². The predicted octanol–water partition coefficient (Wildman–Crippen LogP) is 4.64. The zero-order valence-electron chi connectivity index (χ0n) is 11.1. The number of carbonyl (C=O) groups excluding carboxylic acids is 1. The highest BCUT2D eigenvalue weighted by molar-refractivity contribution is 9.10. The number of halogens is 3. The van der Waals surface area contributed by atoms with Gasteiger partial charge in [0.25, 0.3) is 0 Å². The fourth-order valence-corrected chi connectivity index (χ4v) is 2.41. The van der Waals surface area contributed by atoms with Gasteiger partial charge in [0.1, 0.15) is 5.82 Å². The molecule has 0 aliphatic rings. The third kappa shape index (κ3) is 3.95. The molecule has 0 heterocycles. The van der Waals surface area contributed by atoms with Crippen LogP contribution in [-0.4, -0.2) is 13.1 Å². The Morgan fingerprint density at radius 1 is 1.33 bits per heavy atom. The van der Waals surface area contributed by atoms with Crippen molar-refractivity contribution in [2.24, 2.45) is 0 Å². The minimum atomic E-state index is -0.530. The summed E-state index contributed by atoms with van der Waals surface area (Å²) in [5.41, 5.74) is 1.45. The molecule has 3 nitrogen and oxygen atoms in total. The molecule has 21 heavy (non-hydrogen) atoms. The summed E-state index contributed by atoms with van der Waals surface area (Å²) >= 11 is 9.46. The third-order valence-electron chi connectivity index (χ3n) is 2.86. The van der Waals surface area contributed by atoms with Crippen LogP contribution >= 0.6 is 27.5 Å². The Morgan fingerprint density at radius 3 is 2.81 bits per heavy atom. The van der Waals surface area contributed by atoms with Crippen LogP contribution in [0.4, 0.5) is 10.1 Å². The van der Waals surface area contributed by atoms with Crippen LogP contribution in [-0.2, 0) is 11.3 Å². The number of hydrogen-bond donors (Lipinski definition) is 1. The van der Waals surface area contributed by atoms with Crippen LogP contribution in [0.15, 0.2) is 40.9 Å². The Balaban J connectivity index is 2.25. The van der Waals surface area contributed by atoms with Crippen LogP contribution in [0.5, 0.6) is 0 Å². The van der Waals surface area contributed by atoms with E-state index in [0.717, 1.165) is 10.0 Å². The van der Waals surface area contributed by atoms with Gasteiger partial charge in [-0.05, 0) is 42.0 Å². The average Bonchev–Trinajstić information content (AvgIpc) is 2.47. The SMILES string of the molecule is COC(=O)c1ccc(F)cc1NCc1cc(Br)ccc1Cl. The molecule has 0 unspecified atom stereocenters. The van der Waals surface area contributed by atoms with Gasteiger partial charge in [-0.2, -0.15) is 0 Å². The second kappa shape index (κ2) is 6.91. The van der Waals surface area contributed by atoms with E-state index in [2.05, 4.69) is 26.0 Å². The van der Waals surface area contributed by atoms with E-state index in [9.17, 15) is 9.18 Å². The number of esters is 1. The van der Waals surface area contributed by atoms with Crippen molar-refractivity contribution in [3.05, 3.63) is 62.8 Å². The molecule has 0 radical (unpaired) electrons. The molecule has 110 valence electrons. The number of carbonyl (C=O) groups is 1. The molecule has 0 saturated heterocycles. The van der Waals surface area contributed by atoms with E-state index in [1.54, 1.807) is 6.07 Å². The molecule has 1 N–H and O–H groups in total. The van der Waals surface area contributed by atoms with Crippen molar-refractivity contribution in [3.8, 4) is 0 Å². The summed E-state index contributed by atoms with van der Waals surface area (Å²) in [6, 6.07) is 9.28. The van der Waals surface area contributed by atoms with Crippen LogP contribution in [0.25, 0.3) is 0 Å². The molecule has 2 aromatic rings. The van der Waals surface area contributed by atoms with Gasteiger partial charge in [0.15, 0.2) is 0 Å². The number of methoxy groups -OCH3 is 1. The van der Waals surface area contributed by atoms with Gasteiger partial charge >= 0.3 is 5.97 Å². The number of benzene rings is 2. The Kier molecular flexibility index (Phi) is 5.20. The number of nitrogens with one attached hydrogen (secondary N) is 1. The lowest BCUT2D eigenvalue weighted by Crippen LogP contribution is -2.09. The second-order valence-electron chi connectivity index (χ2n) is 4.27. The van der Waals surface area contributed by atoms with Gasteiger partial charge in [-0.15, -0.1) is 0 Å². The zero-order valence-corrected chi connectivity index (χ0v) is 13.5. The van der Waals surface area contributed by atoms with E-state index in [-0.39, 0.29) is 5.56 Å². The fourth-order valence-electron chi connectivity index (χ4n) is 1.82. The molecule has 0 saturated carbocycles. The van der Waals surface area contributed by atoms with Crippen LogP contribution < -0.4 is 5.32 Å². The number of hydrogen-bond acceptors (Lipinski definition) is 3. The molecule has 0 aliphatic heterocycles. The van der Waals surface area contributed by atoms with E-state index < -0.39 is 11.8 Å². The topological polar surface area (TPSA) is 38.3 Å². The summed E-state index contributed by atoms with van der Waals surface area (Å²) in [7, 11) is 1.28. The summed E-state index contributed by atoms with van der Waals surface area (Å²) in [5, 5.41) is 3.59. The molecule has 2 rings (SSSR count). The molecule has 0 fully saturated rings. The smallest absolute Gasteiger partial charge is 0.339 e. The summed E-state index contributed by atoms with van der Waals surface area (Å²) in [6.07, 6.45) is 0. The van der Waals surface area contributed by atoms with Crippen molar-refractivity contribution in [3.63, 3.8) is 0 Å². The Morgan fingerprint density at radius 2 is 2.10 bits per heavy atom. The van der Waals surface area contributed by atoms with Crippen LogP contribution in [0.3, 0.4) is 0 Å². The molecule has 0 atom stereocenters. The van der Waals surface area contributed by atoms with Crippen LogP contribution in [0.2, 0.25) is 5.02 Å². The van der Waals surface area contributed by atoms with Crippen molar-refractivity contribution in [1.29, 1.82) is 0 Å². The predicted molar refractivity (Wildman–Crippen MR) is 84.2 cm³/mol. The highest BCUT2D eigenvalue weighted by Gasteiger charge is 2.13. The van der Waals surface area contributed by atoms with Gasteiger partial charge in [0, 0.05) is 16.0 Å². The van der Waals surface area contributed by atoms with E-state index in [1.807, 2.05) is 12.1 Å². The summed E-state index contributed by atoms with van der Waals surface area (Å²) in [4.78, 5) is 11.7. The number of anilines is 1. The standard InChI is InChI=1S/C15H12BrClFNO2/c1-21-15(20)12-4-3-11(18)7-14(12)19-8-9-6-10(16)2-5-13(9)17/h2-7,19H,8H2,1H3. The molecular weight excluding hydrogens is 361 g/mol. The Hall–Kier alpha value is -1.59. The molecule has 0 aliphatic carbocycles. The van der Waals surface area contributed by atoms with Crippen molar-refractivity contribution < 1.29 is 13.9 Å². The first-order chi connectivity index (χ1) is 10.0. The number of rotatable bonds is 4. The van der Waals surface area contributed by atoms with Crippen molar-refractivity contribution in [1.82, 2.24) is 0 Å². The highest BCUT2D eigenvalue weighted by atomic mass is 79.9. The van der Waals surface area contributed by atoms with Gasteiger partial charge < -0.3 is 10.1 Å². The lowest BCUT2D eigenvalue weighted by atomic mass is 10.1.